The van der Waals surface area contributed by atoms with E-state index < -0.39 is 11.7 Å². The molecule has 0 fully saturated rings. The van der Waals surface area contributed by atoms with Crippen LogP contribution in [0, 0.1) is 0 Å². The summed E-state index contributed by atoms with van der Waals surface area (Å²) < 4.78 is 38.3. The van der Waals surface area contributed by atoms with Gasteiger partial charge in [-0.25, -0.2) is 0 Å². The summed E-state index contributed by atoms with van der Waals surface area (Å²) in [7, 11) is 0. The van der Waals surface area contributed by atoms with E-state index in [-0.39, 0.29) is 11.2 Å². The highest BCUT2D eigenvalue weighted by Gasteiger charge is 2.37. The fourth-order valence-corrected chi connectivity index (χ4v) is 1.77. The predicted octanol–water partition coefficient (Wildman–Crippen LogP) is 3.32. The molecular formula is C11H13F3N2. The first-order valence-corrected chi connectivity index (χ1v) is 5.02. The average Bonchev–Trinajstić information content (AvgIpc) is 2.13. The van der Waals surface area contributed by atoms with Crippen LogP contribution in [0.1, 0.15) is 19.4 Å². The Labute approximate surface area is 91.8 Å². The first kappa shape index (κ1) is 11.1. The molecule has 5 heteroatoms. The molecule has 1 aromatic carbocycles. The third-order valence-electron chi connectivity index (χ3n) is 2.55. The maximum atomic E-state index is 12.8. The van der Waals surface area contributed by atoms with Gasteiger partial charge in [-0.15, -0.1) is 0 Å². The number of anilines is 2. The zero-order chi connectivity index (χ0) is 12.0. The lowest BCUT2D eigenvalue weighted by atomic mass is 9.99. The van der Waals surface area contributed by atoms with Gasteiger partial charge in [0.25, 0.3) is 0 Å². The first-order chi connectivity index (χ1) is 7.30. The zero-order valence-corrected chi connectivity index (χ0v) is 9.07. The Morgan fingerprint density at radius 2 is 1.94 bits per heavy atom. The highest BCUT2D eigenvalue weighted by atomic mass is 19.4. The zero-order valence-electron chi connectivity index (χ0n) is 9.07. The van der Waals surface area contributed by atoms with Crippen LogP contribution in [0.4, 0.5) is 24.5 Å². The van der Waals surface area contributed by atoms with Crippen LogP contribution in [0.3, 0.4) is 0 Å². The number of hydrogen-bond donors (Lipinski definition) is 2. The summed E-state index contributed by atoms with van der Waals surface area (Å²) in [5, 5.41) is 5.93. The van der Waals surface area contributed by atoms with Crippen molar-refractivity contribution in [1.29, 1.82) is 0 Å². The fraction of sp³-hybridized carbons (Fsp3) is 0.455. The van der Waals surface area contributed by atoms with Crippen LogP contribution < -0.4 is 10.6 Å². The van der Waals surface area contributed by atoms with Gasteiger partial charge in [0.05, 0.1) is 16.9 Å². The van der Waals surface area contributed by atoms with Gasteiger partial charge in [-0.05, 0) is 26.0 Å². The van der Waals surface area contributed by atoms with Crippen molar-refractivity contribution >= 4 is 11.4 Å². The molecule has 1 aliphatic rings. The van der Waals surface area contributed by atoms with Crippen LogP contribution in [0.5, 0.6) is 0 Å². The van der Waals surface area contributed by atoms with Crippen LogP contribution in [-0.2, 0) is 6.18 Å². The van der Waals surface area contributed by atoms with Crippen LogP contribution in [0.15, 0.2) is 18.2 Å². The quantitative estimate of drug-likeness (QED) is 0.714. The van der Waals surface area contributed by atoms with Gasteiger partial charge in [0.1, 0.15) is 0 Å². The fourth-order valence-electron chi connectivity index (χ4n) is 1.77. The number of para-hydroxylation sites is 1. The van der Waals surface area contributed by atoms with Gasteiger partial charge in [0.2, 0.25) is 0 Å². The Hall–Kier alpha value is -1.39. The second kappa shape index (κ2) is 3.30. The van der Waals surface area contributed by atoms with E-state index in [4.69, 9.17) is 0 Å². The maximum Gasteiger partial charge on any atom is 0.418 e. The monoisotopic (exact) mass is 230 g/mol. The van der Waals surface area contributed by atoms with Crippen LogP contribution in [0.25, 0.3) is 0 Å². The SMILES string of the molecule is CC1(C)CNc2cccc(C(F)(F)F)c2N1. The minimum atomic E-state index is -4.33. The second-order valence-electron chi connectivity index (χ2n) is 4.59. The van der Waals surface area contributed by atoms with E-state index >= 15 is 0 Å². The van der Waals surface area contributed by atoms with Crippen molar-refractivity contribution in [2.75, 3.05) is 17.2 Å². The van der Waals surface area contributed by atoms with Crippen LogP contribution in [0.2, 0.25) is 0 Å². The molecule has 2 nitrogen and oxygen atoms in total. The van der Waals surface area contributed by atoms with Gasteiger partial charge >= 0.3 is 6.18 Å². The molecule has 1 aromatic rings. The summed E-state index contributed by atoms with van der Waals surface area (Å²) in [6.45, 7) is 4.31. The summed E-state index contributed by atoms with van der Waals surface area (Å²) in [5.74, 6) is 0. The lowest BCUT2D eigenvalue weighted by molar-refractivity contribution is -0.137. The first-order valence-electron chi connectivity index (χ1n) is 5.02. The molecule has 2 rings (SSSR count). The van der Waals surface area contributed by atoms with Gasteiger partial charge in [-0.1, -0.05) is 6.07 Å². The Balaban J connectivity index is 2.51. The van der Waals surface area contributed by atoms with E-state index in [1.54, 1.807) is 6.07 Å². The number of nitrogens with one attached hydrogen (secondary N) is 2. The van der Waals surface area contributed by atoms with Crippen molar-refractivity contribution in [2.45, 2.75) is 25.6 Å². The summed E-state index contributed by atoms with van der Waals surface area (Å²) >= 11 is 0. The van der Waals surface area contributed by atoms with Gasteiger partial charge in [0, 0.05) is 12.1 Å². The van der Waals surface area contributed by atoms with Crippen molar-refractivity contribution in [3.63, 3.8) is 0 Å². The molecule has 0 radical (unpaired) electrons. The van der Waals surface area contributed by atoms with Crippen molar-refractivity contribution in [2.24, 2.45) is 0 Å². The van der Waals surface area contributed by atoms with Gasteiger partial charge in [-0.3, -0.25) is 0 Å². The van der Waals surface area contributed by atoms with Gasteiger partial charge in [-0.2, -0.15) is 13.2 Å². The molecule has 0 saturated heterocycles. The smallest absolute Gasteiger partial charge is 0.381 e. The van der Waals surface area contributed by atoms with E-state index in [0.717, 1.165) is 6.07 Å². The van der Waals surface area contributed by atoms with E-state index in [1.165, 1.54) is 6.07 Å². The summed E-state index contributed by atoms with van der Waals surface area (Å²) in [5.41, 5.74) is -0.348. The lowest BCUT2D eigenvalue weighted by Gasteiger charge is -2.36. The molecule has 0 unspecified atom stereocenters. The largest absolute Gasteiger partial charge is 0.418 e. The second-order valence-corrected chi connectivity index (χ2v) is 4.59. The van der Waals surface area contributed by atoms with Gasteiger partial charge in [0.15, 0.2) is 0 Å². The van der Waals surface area contributed by atoms with Crippen LogP contribution >= 0.6 is 0 Å². The van der Waals surface area contributed by atoms with E-state index in [2.05, 4.69) is 10.6 Å². The summed E-state index contributed by atoms with van der Waals surface area (Å²) in [4.78, 5) is 0. The van der Waals surface area contributed by atoms with Crippen molar-refractivity contribution in [3.8, 4) is 0 Å². The normalized spacial score (nSPS) is 18.3. The summed E-state index contributed by atoms with van der Waals surface area (Å²) in [6, 6.07) is 4.15. The Bertz CT molecular complexity index is 410. The number of benzene rings is 1. The van der Waals surface area contributed by atoms with Crippen molar-refractivity contribution in [1.82, 2.24) is 0 Å². The van der Waals surface area contributed by atoms with E-state index in [0.29, 0.717) is 12.2 Å². The topological polar surface area (TPSA) is 24.1 Å². The minimum Gasteiger partial charge on any atom is -0.381 e. The number of alkyl halides is 3. The molecule has 1 heterocycles. The average molecular weight is 230 g/mol. The van der Waals surface area contributed by atoms with Gasteiger partial charge < -0.3 is 10.6 Å². The molecule has 0 saturated carbocycles. The number of rotatable bonds is 0. The van der Waals surface area contributed by atoms with E-state index in [9.17, 15) is 13.2 Å². The predicted molar refractivity (Wildman–Crippen MR) is 57.6 cm³/mol. The van der Waals surface area contributed by atoms with Crippen LogP contribution in [-0.4, -0.2) is 12.1 Å². The summed E-state index contributed by atoms with van der Waals surface area (Å²) in [6.07, 6.45) is -4.33. The number of fused-ring (bicyclic) bond motifs is 1. The highest BCUT2D eigenvalue weighted by Crippen LogP contribution is 2.41. The molecule has 1 aliphatic heterocycles. The molecule has 0 atom stereocenters. The molecule has 0 bridgehead atoms. The molecule has 0 aliphatic carbocycles. The number of hydrogen-bond acceptors (Lipinski definition) is 2. The molecule has 0 spiro atoms. The molecule has 16 heavy (non-hydrogen) atoms. The Kier molecular flexibility index (Phi) is 2.29. The third kappa shape index (κ3) is 1.94. The Morgan fingerprint density at radius 1 is 1.25 bits per heavy atom. The molecule has 0 amide bonds. The molecule has 88 valence electrons. The highest BCUT2D eigenvalue weighted by molar-refractivity contribution is 5.76. The third-order valence-corrected chi connectivity index (χ3v) is 2.55. The number of halogens is 3. The van der Waals surface area contributed by atoms with E-state index in [1.807, 2.05) is 13.8 Å². The molecule has 0 aromatic heterocycles. The lowest BCUT2D eigenvalue weighted by Crippen LogP contribution is -2.42. The van der Waals surface area contributed by atoms with Crippen molar-refractivity contribution in [3.05, 3.63) is 23.8 Å². The van der Waals surface area contributed by atoms with Crippen molar-refractivity contribution < 1.29 is 13.2 Å². The molecule has 2 N–H and O–H groups in total. The Morgan fingerprint density at radius 3 is 2.56 bits per heavy atom. The molecular weight excluding hydrogens is 217 g/mol. The maximum absolute atomic E-state index is 12.8. The minimum absolute atomic E-state index is 0.145. The standard InChI is InChI=1S/C11H13F3N2/c1-10(2)6-15-8-5-3-4-7(9(8)16-10)11(12,13)14/h3-5,15-16H,6H2,1-2H3.